The fraction of sp³-hybridized carbons (Fsp3) is 0.412. The van der Waals surface area contributed by atoms with E-state index in [4.69, 9.17) is 4.74 Å². The predicted molar refractivity (Wildman–Crippen MR) is 87.4 cm³/mol. The fourth-order valence-corrected chi connectivity index (χ4v) is 3.72. The number of thiazole rings is 1. The minimum atomic E-state index is -0.249. The number of hydrogen-bond acceptors (Lipinski definition) is 4. The number of benzene rings is 1. The Labute approximate surface area is 138 Å². The number of halogens is 1. The average molecular weight is 334 g/mol. The number of ether oxygens (including phenoxy) is 1. The number of aryl methyl sites for hydroxylation is 1. The van der Waals surface area contributed by atoms with Gasteiger partial charge in [-0.3, -0.25) is 4.79 Å². The molecule has 0 aliphatic carbocycles. The normalized spacial score (nSPS) is 18.2. The first-order valence-corrected chi connectivity index (χ1v) is 8.46. The molecule has 1 saturated heterocycles. The Kier molecular flexibility index (Phi) is 4.73. The van der Waals surface area contributed by atoms with Crippen LogP contribution < -0.4 is 0 Å². The van der Waals surface area contributed by atoms with Crippen molar-refractivity contribution >= 4 is 17.2 Å². The van der Waals surface area contributed by atoms with Gasteiger partial charge in [0.25, 0.3) is 5.91 Å². The van der Waals surface area contributed by atoms with Gasteiger partial charge in [0.1, 0.15) is 10.7 Å². The van der Waals surface area contributed by atoms with Gasteiger partial charge in [0, 0.05) is 19.5 Å². The first-order valence-electron chi connectivity index (χ1n) is 7.64. The molecule has 122 valence electrons. The van der Waals surface area contributed by atoms with E-state index >= 15 is 0 Å². The van der Waals surface area contributed by atoms with E-state index in [-0.39, 0.29) is 17.8 Å². The standard InChI is InChI=1S/C17H19FN2O2S/c1-11-10-20(7-8-22-11)17(21)16-12(2)19-15(23-16)9-13-3-5-14(18)6-4-13/h3-6,11H,7-10H2,1-2H3. The van der Waals surface area contributed by atoms with Crippen LogP contribution in [0.1, 0.15) is 32.9 Å². The van der Waals surface area contributed by atoms with E-state index in [9.17, 15) is 9.18 Å². The Bertz CT molecular complexity index is 699. The van der Waals surface area contributed by atoms with Crippen LogP contribution in [0.2, 0.25) is 0 Å². The van der Waals surface area contributed by atoms with E-state index in [2.05, 4.69) is 4.98 Å². The molecule has 6 heteroatoms. The molecule has 0 radical (unpaired) electrons. The number of hydrogen-bond donors (Lipinski definition) is 0. The Morgan fingerprint density at radius 2 is 2.17 bits per heavy atom. The maximum absolute atomic E-state index is 13.0. The van der Waals surface area contributed by atoms with Crippen LogP contribution in [0.15, 0.2) is 24.3 Å². The van der Waals surface area contributed by atoms with Crippen LogP contribution >= 0.6 is 11.3 Å². The van der Waals surface area contributed by atoms with E-state index in [1.165, 1.54) is 23.5 Å². The average Bonchev–Trinajstić information content (AvgIpc) is 2.89. The summed E-state index contributed by atoms with van der Waals surface area (Å²) in [6.45, 7) is 5.64. The van der Waals surface area contributed by atoms with Gasteiger partial charge in [0.2, 0.25) is 0 Å². The Hall–Kier alpha value is -1.79. The maximum atomic E-state index is 13.0. The van der Waals surface area contributed by atoms with Gasteiger partial charge < -0.3 is 9.64 Å². The Morgan fingerprint density at radius 1 is 1.43 bits per heavy atom. The summed E-state index contributed by atoms with van der Waals surface area (Å²) in [6, 6.07) is 6.38. The molecule has 2 aromatic rings. The van der Waals surface area contributed by atoms with E-state index in [0.717, 1.165) is 16.3 Å². The number of morpholine rings is 1. The highest BCUT2D eigenvalue weighted by molar-refractivity contribution is 7.13. The van der Waals surface area contributed by atoms with Crippen molar-refractivity contribution in [3.63, 3.8) is 0 Å². The summed E-state index contributed by atoms with van der Waals surface area (Å²) >= 11 is 1.42. The molecular formula is C17H19FN2O2S. The fourth-order valence-electron chi connectivity index (χ4n) is 2.65. The van der Waals surface area contributed by atoms with Crippen LogP contribution in [0.3, 0.4) is 0 Å². The highest BCUT2D eigenvalue weighted by Crippen LogP contribution is 2.23. The largest absolute Gasteiger partial charge is 0.375 e. The molecule has 1 amide bonds. The van der Waals surface area contributed by atoms with Crippen LogP contribution in [0, 0.1) is 12.7 Å². The molecule has 0 spiro atoms. The van der Waals surface area contributed by atoms with E-state index in [0.29, 0.717) is 31.0 Å². The monoisotopic (exact) mass is 334 g/mol. The molecule has 1 aliphatic rings. The quantitative estimate of drug-likeness (QED) is 0.866. The molecule has 0 saturated carbocycles. The summed E-state index contributed by atoms with van der Waals surface area (Å²) in [7, 11) is 0. The van der Waals surface area contributed by atoms with Crippen molar-refractivity contribution in [1.29, 1.82) is 0 Å². The molecule has 1 fully saturated rings. The SMILES string of the molecule is Cc1nc(Cc2ccc(F)cc2)sc1C(=O)N1CCOC(C)C1. The lowest BCUT2D eigenvalue weighted by Gasteiger charge is -2.30. The third-order valence-corrected chi connectivity index (χ3v) is 4.98. The number of carbonyl (C=O) groups excluding carboxylic acids is 1. The van der Waals surface area contributed by atoms with Crippen molar-refractivity contribution in [3.8, 4) is 0 Å². The van der Waals surface area contributed by atoms with Crippen molar-refractivity contribution < 1.29 is 13.9 Å². The second kappa shape index (κ2) is 6.76. The zero-order chi connectivity index (χ0) is 16.4. The molecule has 1 aromatic carbocycles. The number of rotatable bonds is 3. The van der Waals surface area contributed by atoms with Crippen LogP contribution in [0.4, 0.5) is 4.39 Å². The van der Waals surface area contributed by atoms with Crippen LogP contribution in [-0.2, 0) is 11.2 Å². The second-order valence-corrected chi connectivity index (χ2v) is 6.84. The summed E-state index contributed by atoms with van der Waals surface area (Å²) in [5.74, 6) is -0.220. The highest BCUT2D eigenvalue weighted by atomic mass is 32.1. The van der Waals surface area contributed by atoms with Crippen molar-refractivity contribution in [2.45, 2.75) is 26.4 Å². The molecule has 0 N–H and O–H groups in total. The highest BCUT2D eigenvalue weighted by Gasteiger charge is 2.25. The number of nitrogens with zero attached hydrogens (tertiary/aromatic N) is 2. The van der Waals surface area contributed by atoms with Crippen LogP contribution in [-0.4, -0.2) is 41.6 Å². The zero-order valence-electron chi connectivity index (χ0n) is 13.2. The van der Waals surface area contributed by atoms with Gasteiger partial charge in [-0.1, -0.05) is 12.1 Å². The summed E-state index contributed by atoms with van der Waals surface area (Å²) in [5, 5.41) is 0.874. The predicted octanol–water partition coefficient (Wildman–Crippen LogP) is 3.04. The molecule has 2 heterocycles. The maximum Gasteiger partial charge on any atom is 0.266 e. The van der Waals surface area contributed by atoms with Gasteiger partial charge in [-0.05, 0) is 31.5 Å². The lowest BCUT2D eigenvalue weighted by atomic mass is 10.1. The molecule has 23 heavy (non-hydrogen) atoms. The summed E-state index contributed by atoms with van der Waals surface area (Å²) in [5.41, 5.74) is 1.75. The lowest BCUT2D eigenvalue weighted by molar-refractivity contribution is -0.0122. The molecular weight excluding hydrogens is 315 g/mol. The van der Waals surface area contributed by atoms with Gasteiger partial charge in [-0.15, -0.1) is 11.3 Å². The van der Waals surface area contributed by atoms with Crippen molar-refractivity contribution in [1.82, 2.24) is 9.88 Å². The number of carbonyl (C=O) groups is 1. The Morgan fingerprint density at radius 3 is 2.87 bits per heavy atom. The Balaban J connectivity index is 1.75. The van der Waals surface area contributed by atoms with E-state index in [1.54, 1.807) is 12.1 Å². The van der Waals surface area contributed by atoms with Gasteiger partial charge >= 0.3 is 0 Å². The number of aromatic nitrogens is 1. The topological polar surface area (TPSA) is 42.4 Å². The van der Waals surface area contributed by atoms with Crippen LogP contribution in [0.25, 0.3) is 0 Å². The summed E-state index contributed by atoms with van der Waals surface area (Å²) in [4.78, 5) is 19.7. The van der Waals surface area contributed by atoms with Crippen molar-refractivity contribution in [3.05, 3.63) is 51.2 Å². The molecule has 0 bridgehead atoms. The molecule has 1 aromatic heterocycles. The minimum absolute atomic E-state index is 0.0282. The minimum Gasteiger partial charge on any atom is -0.375 e. The van der Waals surface area contributed by atoms with E-state index < -0.39 is 0 Å². The van der Waals surface area contributed by atoms with Gasteiger partial charge in [-0.25, -0.2) is 9.37 Å². The molecule has 1 atom stereocenters. The molecule has 3 rings (SSSR count). The zero-order valence-corrected chi connectivity index (χ0v) is 14.0. The summed E-state index contributed by atoms with van der Waals surface area (Å²) < 4.78 is 18.4. The van der Waals surface area contributed by atoms with Crippen molar-refractivity contribution in [2.75, 3.05) is 19.7 Å². The first kappa shape index (κ1) is 16.1. The first-order chi connectivity index (χ1) is 11.0. The molecule has 1 aliphatic heterocycles. The smallest absolute Gasteiger partial charge is 0.266 e. The lowest BCUT2D eigenvalue weighted by Crippen LogP contribution is -2.44. The van der Waals surface area contributed by atoms with Crippen molar-refractivity contribution in [2.24, 2.45) is 0 Å². The van der Waals surface area contributed by atoms with Gasteiger partial charge in [0.15, 0.2) is 0 Å². The van der Waals surface area contributed by atoms with Gasteiger partial charge in [-0.2, -0.15) is 0 Å². The second-order valence-electron chi connectivity index (χ2n) is 5.76. The van der Waals surface area contributed by atoms with E-state index in [1.807, 2.05) is 18.7 Å². The van der Waals surface area contributed by atoms with Crippen LogP contribution in [0.5, 0.6) is 0 Å². The molecule has 4 nitrogen and oxygen atoms in total. The number of amides is 1. The third kappa shape index (κ3) is 3.76. The van der Waals surface area contributed by atoms with Gasteiger partial charge in [0.05, 0.1) is 23.4 Å². The molecule has 1 unspecified atom stereocenters. The third-order valence-electron chi connectivity index (χ3n) is 3.83. The summed E-state index contributed by atoms with van der Waals surface area (Å²) in [6.07, 6.45) is 0.679.